The first-order chi connectivity index (χ1) is 10.0. The molecule has 2 aromatic rings. The SMILES string of the molecule is CN(C)c1ccc(NC2CCCc3sc(Cl)cc32)cc1Cl. The summed E-state index contributed by atoms with van der Waals surface area (Å²) in [7, 11) is 3.99. The van der Waals surface area contributed by atoms with Gasteiger partial charge in [0.2, 0.25) is 0 Å². The minimum absolute atomic E-state index is 0.332. The van der Waals surface area contributed by atoms with Gasteiger partial charge in [0.05, 0.1) is 21.1 Å². The van der Waals surface area contributed by atoms with Crippen LogP contribution in [0.5, 0.6) is 0 Å². The van der Waals surface area contributed by atoms with E-state index in [9.17, 15) is 0 Å². The summed E-state index contributed by atoms with van der Waals surface area (Å²) >= 11 is 14.2. The average molecular weight is 341 g/mol. The molecule has 1 aliphatic rings. The first kappa shape index (κ1) is 15.0. The predicted molar refractivity (Wildman–Crippen MR) is 94.4 cm³/mol. The van der Waals surface area contributed by atoms with Crippen molar-refractivity contribution >= 4 is 45.9 Å². The molecular weight excluding hydrogens is 323 g/mol. The second-order valence-corrected chi connectivity index (χ2v) is 7.75. The fourth-order valence-electron chi connectivity index (χ4n) is 2.83. The zero-order chi connectivity index (χ0) is 15.0. The molecule has 1 heterocycles. The largest absolute Gasteiger partial charge is 0.378 e. The standard InChI is InChI=1S/C16H18Cl2N2S/c1-20(2)14-7-6-10(8-12(14)17)19-13-4-3-5-15-11(13)9-16(18)21-15/h6-9,13,19H,3-5H2,1-2H3. The summed E-state index contributed by atoms with van der Waals surface area (Å²) in [5.74, 6) is 0. The summed E-state index contributed by atoms with van der Waals surface area (Å²) < 4.78 is 0.884. The molecule has 1 atom stereocenters. The van der Waals surface area contributed by atoms with Crippen LogP contribution in [0.25, 0.3) is 0 Å². The van der Waals surface area contributed by atoms with E-state index in [2.05, 4.69) is 23.5 Å². The van der Waals surface area contributed by atoms with Gasteiger partial charge in [0.25, 0.3) is 0 Å². The van der Waals surface area contributed by atoms with Gasteiger partial charge in [-0.05, 0) is 49.1 Å². The lowest BCUT2D eigenvalue weighted by atomic mass is 9.94. The molecule has 0 fully saturated rings. The molecule has 112 valence electrons. The topological polar surface area (TPSA) is 15.3 Å². The lowest BCUT2D eigenvalue weighted by molar-refractivity contribution is 0.609. The Hall–Kier alpha value is -0.900. The van der Waals surface area contributed by atoms with Gasteiger partial charge in [-0.2, -0.15) is 0 Å². The van der Waals surface area contributed by atoms with Crippen molar-refractivity contribution < 1.29 is 0 Å². The smallest absolute Gasteiger partial charge is 0.0934 e. The molecule has 1 unspecified atom stereocenters. The van der Waals surface area contributed by atoms with E-state index in [0.29, 0.717) is 6.04 Å². The Labute approximate surface area is 139 Å². The highest BCUT2D eigenvalue weighted by molar-refractivity contribution is 7.16. The van der Waals surface area contributed by atoms with Crippen LogP contribution in [-0.4, -0.2) is 14.1 Å². The highest BCUT2D eigenvalue weighted by Gasteiger charge is 2.22. The third kappa shape index (κ3) is 3.15. The third-order valence-corrected chi connectivity index (χ3v) is 5.50. The van der Waals surface area contributed by atoms with E-state index in [0.717, 1.165) is 33.6 Å². The van der Waals surface area contributed by atoms with Crippen molar-refractivity contribution in [1.29, 1.82) is 0 Å². The molecular formula is C16H18Cl2N2S. The molecule has 0 saturated heterocycles. The van der Waals surface area contributed by atoms with Crippen LogP contribution in [-0.2, 0) is 6.42 Å². The summed E-state index contributed by atoms with van der Waals surface area (Å²) in [5, 5.41) is 4.37. The summed E-state index contributed by atoms with van der Waals surface area (Å²) in [6.45, 7) is 0. The Bertz CT molecular complexity index is 652. The van der Waals surface area contributed by atoms with Crippen molar-refractivity contribution in [2.24, 2.45) is 0 Å². The van der Waals surface area contributed by atoms with E-state index in [-0.39, 0.29) is 0 Å². The Balaban J connectivity index is 1.83. The van der Waals surface area contributed by atoms with Gasteiger partial charge in [-0.15, -0.1) is 11.3 Å². The van der Waals surface area contributed by atoms with Crippen LogP contribution in [0.3, 0.4) is 0 Å². The summed E-state index contributed by atoms with van der Waals surface area (Å²) in [6, 6.07) is 8.57. The maximum Gasteiger partial charge on any atom is 0.0934 e. The molecule has 1 aromatic heterocycles. The van der Waals surface area contributed by atoms with Gasteiger partial charge in [0.1, 0.15) is 0 Å². The average Bonchev–Trinajstić information content (AvgIpc) is 2.80. The number of anilines is 2. The molecule has 0 spiro atoms. The fourth-order valence-corrected chi connectivity index (χ4v) is 4.57. The maximum atomic E-state index is 6.35. The van der Waals surface area contributed by atoms with Gasteiger partial charge in [-0.3, -0.25) is 0 Å². The summed E-state index contributed by atoms with van der Waals surface area (Å²) in [4.78, 5) is 3.43. The lowest BCUT2D eigenvalue weighted by Gasteiger charge is -2.25. The second-order valence-electron chi connectivity index (χ2n) is 5.58. The van der Waals surface area contributed by atoms with Gasteiger partial charge in [0, 0.05) is 24.7 Å². The molecule has 0 aliphatic heterocycles. The Morgan fingerprint density at radius 2 is 2.05 bits per heavy atom. The van der Waals surface area contributed by atoms with Gasteiger partial charge in [-0.1, -0.05) is 23.2 Å². The van der Waals surface area contributed by atoms with Crippen LogP contribution < -0.4 is 10.2 Å². The molecule has 1 aliphatic carbocycles. The van der Waals surface area contributed by atoms with E-state index in [1.54, 1.807) is 11.3 Å². The first-order valence-electron chi connectivity index (χ1n) is 7.06. The number of aryl methyl sites for hydroxylation is 1. The van der Waals surface area contributed by atoms with E-state index < -0.39 is 0 Å². The van der Waals surface area contributed by atoms with Gasteiger partial charge in [-0.25, -0.2) is 0 Å². The molecule has 0 saturated carbocycles. The normalized spacial score (nSPS) is 17.4. The molecule has 1 aromatic carbocycles. The first-order valence-corrected chi connectivity index (χ1v) is 8.63. The third-order valence-electron chi connectivity index (χ3n) is 3.85. The number of halogens is 2. The van der Waals surface area contributed by atoms with Crippen molar-refractivity contribution in [1.82, 2.24) is 0 Å². The monoisotopic (exact) mass is 340 g/mol. The Morgan fingerprint density at radius 1 is 1.24 bits per heavy atom. The summed E-state index contributed by atoms with van der Waals surface area (Å²) in [6.07, 6.45) is 3.48. The number of nitrogens with one attached hydrogen (secondary N) is 1. The zero-order valence-corrected chi connectivity index (χ0v) is 14.4. The van der Waals surface area contributed by atoms with Crippen LogP contribution >= 0.6 is 34.5 Å². The van der Waals surface area contributed by atoms with Crippen molar-refractivity contribution in [3.63, 3.8) is 0 Å². The Morgan fingerprint density at radius 3 is 2.76 bits per heavy atom. The zero-order valence-electron chi connectivity index (χ0n) is 12.1. The van der Waals surface area contributed by atoms with Crippen molar-refractivity contribution in [3.05, 3.63) is 44.1 Å². The molecule has 0 radical (unpaired) electrons. The predicted octanol–water partition coefficient (Wildman–Crippen LogP) is 5.61. The molecule has 0 amide bonds. The van der Waals surface area contributed by atoms with Crippen molar-refractivity contribution in [2.45, 2.75) is 25.3 Å². The van der Waals surface area contributed by atoms with E-state index in [1.165, 1.54) is 16.9 Å². The second kappa shape index (κ2) is 6.07. The maximum absolute atomic E-state index is 6.35. The van der Waals surface area contributed by atoms with Gasteiger partial charge >= 0.3 is 0 Å². The highest BCUT2D eigenvalue weighted by atomic mass is 35.5. The van der Waals surface area contributed by atoms with Crippen LogP contribution in [0.1, 0.15) is 29.3 Å². The van der Waals surface area contributed by atoms with Gasteiger partial charge in [0.15, 0.2) is 0 Å². The van der Waals surface area contributed by atoms with E-state index >= 15 is 0 Å². The molecule has 21 heavy (non-hydrogen) atoms. The van der Waals surface area contributed by atoms with Crippen LogP contribution in [0, 0.1) is 0 Å². The molecule has 1 N–H and O–H groups in total. The number of rotatable bonds is 3. The number of hydrogen-bond donors (Lipinski definition) is 1. The minimum Gasteiger partial charge on any atom is -0.378 e. The fraction of sp³-hybridized carbons (Fsp3) is 0.375. The number of fused-ring (bicyclic) bond motifs is 1. The van der Waals surface area contributed by atoms with E-state index in [4.69, 9.17) is 23.2 Å². The van der Waals surface area contributed by atoms with Gasteiger partial charge < -0.3 is 10.2 Å². The summed E-state index contributed by atoms with van der Waals surface area (Å²) in [5.41, 5.74) is 3.44. The minimum atomic E-state index is 0.332. The number of nitrogens with zero attached hydrogens (tertiary/aromatic N) is 1. The van der Waals surface area contributed by atoms with Crippen LogP contribution in [0.2, 0.25) is 9.36 Å². The van der Waals surface area contributed by atoms with Crippen molar-refractivity contribution in [2.75, 3.05) is 24.3 Å². The van der Waals surface area contributed by atoms with Crippen LogP contribution in [0.4, 0.5) is 11.4 Å². The number of hydrogen-bond acceptors (Lipinski definition) is 3. The number of thiophene rings is 1. The quantitative estimate of drug-likeness (QED) is 0.780. The van der Waals surface area contributed by atoms with Crippen molar-refractivity contribution in [3.8, 4) is 0 Å². The lowest BCUT2D eigenvalue weighted by Crippen LogP contribution is -2.16. The highest BCUT2D eigenvalue weighted by Crippen LogP contribution is 2.40. The molecule has 0 bridgehead atoms. The molecule has 3 rings (SSSR count). The van der Waals surface area contributed by atoms with Crippen LogP contribution in [0.15, 0.2) is 24.3 Å². The molecule has 5 heteroatoms. The molecule has 2 nitrogen and oxygen atoms in total. The number of benzene rings is 1. The Kier molecular flexibility index (Phi) is 4.34. The van der Waals surface area contributed by atoms with E-state index in [1.807, 2.05) is 25.1 Å².